The van der Waals surface area contributed by atoms with Crippen LogP contribution in [0.25, 0.3) is 10.9 Å². The SMILES string of the molecule is CO[C@H](CF)CN(CCCCc1ccc2c(n1)NCCC2)CC[C@H](NC(=O)C1(c2ncnc3cc(F)ccc23)CC1)C(=O)O. The van der Waals surface area contributed by atoms with Crippen LogP contribution in [0.15, 0.2) is 36.7 Å². The van der Waals surface area contributed by atoms with Gasteiger partial charge in [-0.15, -0.1) is 0 Å². The molecule has 236 valence electrons. The number of ether oxygens (including phenoxy) is 1. The summed E-state index contributed by atoms with van der Waals surface area (Å²) in [5, 5.41) is 16.6. The fraction of sp³-hybridized carbons (Fsp3) is 0.531. The summed E-state index contributed by atoms with van der Waals surface area (Å²) in [7, 11) is 1.46. The first kappa shape index (κ1) is 31.6. The Morgan fingerprint density at radius 1 is 1.18 bits per heavy atom. The van der Waals surface area contributed by atoms with Crippen molar-refractivity contribution in [1.29, 1.82) is 0 Å². The second kappa shape index (κ2) is 14.3. The molecule has 1 aliphatic carbocycles. The van der Waals surface area contributed by atoms with E-state index in [-0.39, 0.29) is 6.42 Å². The minimum atomic E-state index is -1.15. The van der Waals surface area contributed by atoms with Gasteiger partial charge in [0.15, 0.2) is 0 Å². The van der Waals surface area contributed by atoms with E-state index in [2.05, 4.69) is 32.7 Å². The van der Waals surface area contributed by atoms with Gasteiger partial charge in [-0.05, 0) is 81.7 Å². The predicted octanol–water partition coefficient (Wildman–Crippen LogP) is 3.82. The van der Waals surface area contributed by atoms with E-state index in [1.807, 2.05) is 4.90 Å². The number of aryl methyl sites for hydroxylation is 2. The molecule has 1 saturated carbocycles. The number of anilines is 1. The number of pyridine rings is 1. The van der Waals surface area contributed by atoms with Gasteiger partial charge < -0.3 is 25.4 Å². The van der Waals surface area contributed by atoms with Crippen molar-refractivity contribution >= 4 is 28.6 Å². The van der Waals surface area contributed by atoms with Crippen LogP contribution in [0.4, 0.5) is 14.6 Å². The summed E-state index contributed by atoms with van der Waals surface area (Å²) in [5.41, 5.74) is 2.14. The molecular weight excluding hydrogens is 570 g/mol. The Morgan fingerprint density at radius 3 is 2.77 bits per heavy atom. The van der Waals surface area contributed by atoms with Gasteiger partial charge in [-0.3, -0.25) is 4.79 Å². The first-order valence-electron chi connectivity index (χ1n) is 15.3. The maximum absolute atomic E-state index is 13.8. The third-order valence-corrected chi connectivity index (χ3v) is 8.65. The predicted molar refractivity (Wildman–Crippen MR) is 162 cm³/mol. The third kappa shape index (κ3) is 7.47. The van der Waals surface area contributed by atoms with Crippen molar-refractivity contribution in [2.45, 2.75) is 68.9 Å². The normalized spacial score (nSPS) is 16.6. The van der Waals surface area contributed by atoms with E-state index in [0.717, 1.165) is 50.2 Å². The fourth-order valence-corrected chi connectivity index (χ4v) is 5.89. The molecule has 0 saturated heterocycles. The number of carbonyl (C=O) groups is 2. The van der Waals surface area contributed by atoms with E-state index in [1.54, 1.807) is 6.07 Å². The van der Waals surface area contributed by atoms with Crippen LogP contribution in [0.2, 0.25) is 0 Å². The van der Waals surface area contributed by atoms with Gasteiger partial charge in [0.25, 0.3) is 0 Å². The molecule has 2 atom stereocenters. The summed E-state index contributed by atoms with van der Waals surface area (Å²) in [6.07, 6.45) is 6.44. The number of unbranched alkanes of at least 4 members (excludes halogenated alkanes) is 1. The molecule has 3 N–H and O–H groups in total. The van der Waals surface area contributed by atoms with Gasteiger partial charge in [0.1, 0.15) is 30.7 Å². The van der Waals surface area contributed by atoms with Crippen LogP contribution in [-0.2, 0) is 32.6 Å². The van der Waals surface area contributed by atoms with Crippen molar-refractivity contribution in [3.63, 3.8) is 0 Å². The van der Waals surface area contributed by atoms with Gasteiger partial charge in [0, 0.05) is 43.9 Å². The Morgan fingerprint density at radius 2 is 2.02 bits per heavy atom. The van der Waals surface area contributed by atoms with Gasteiger partial charge in [0.05, 0.1) is 22.7 Å². The summed E-state index contributed by atoms with van der Waals surface area (Å²) < 4.78 is 32.6. The minimum absolute atomic E-state index is 0.133. The number of hydrogen-bond acceptors (Lipinski definition) is 8. The molecule has 3 heterocycles. The number of nitrogens with zero attached hydrogens (tertiary/aromatic N) is 4. The molecule has 2 aromatic heterocycles. The van der Waals surface area contributed by atoms with Crippen molar-refractivity contribution in [3.05, 3.63) is 59.4 Å². The molecule has 0 unspecified atom stereocenters. The standard InChI is InChI=1S/C32H40F2N6O4/c1-44-24(18-33)19-40(15-3-2-6-23-9-7-21-5-4-14-35-29(21)38-23)16-11-26(30(41)42)39-31(43)32(12-13-32)28-25-10-8-22(34)17-27(25)36-20-37-28/h7-10,17,20,24,26H,2-6,11-16,18-19H2,1H3,(H,35,38)(H,39,43)(H,41,42)/t24-,26+/m1/s1. The topological polar surface area (TPSA) is 130 Å². The molecule has 1 aliphatic heterocycles. The average molecular weight is 611 g/mol. The number of methoxy groups -OCH3 is 1. The first-order valence-corrected chi connectivity index (χ1v) is 15.3. The molecule has 2 aliphatic rings. The molecule has 1 amide bonds. The minimum Gasteiger partial charge on any atom is -0.480 e. The summed E-state index contributed by atoms with van der Waals surface area (Å²) in [5.74, 6) is -1.04. The zero-order chi connectivity index (χ0) is 31.1. The first-order chi connectivity index (χ1) is 21.3. The highest BCUT2D eigenvalue weighted by Gasteiger charge is 2.54. The van der Waals surface area contributed by atoms with Gasteiger partial charge in [-0.25, -0.2) is 28.5 Å². The third-order valence-electron chi connectivity index (χ3n) is 8.65. The van der Waals surface area contributed by atoms with Crippen LogP contribution in [0, 0.1) is 5.82 Å². The Balaban J connectivity index is 1.19. The number of fused-ring (bicyclic) bond motifs is 2. The van der Waals surface area contributed by atoms with E-state index in [1.165, 1.54) is 31.1 Å². The van der Waals surface area contributed by atoms with Crippen molar-refractivity contribution in [2.24, 2.45) is 0 Å². The Kier molecular flexibility index (Phi) is 10.3. The molecular formula is C32H40F2N6O4. The Bertz CT molecular complexity index is 1470. The van der Waals surface area contributed by atoms with Gasteiger partial charge in [-0.1, -0.05) is 6.07 Å². The maximum Gasteiger partial charge on any atom is 0.326 e. The molecule has 12 heteroatoms. The highest BCUT2D eigenvalue weighted by atomic mass is 19.1. The molecule has 10 nitrogen and oxygen atoms in total. The number of carboxylic acid groups (broad SMARTS) is 1. The molecule has 0 spiro atoms. The molecule has 1 aromatic carbocycles. The lowest BCUT2D eigenvalue weighted by atomic mass is 9.96. The molecule has 0 bridgehead atoms. The number of halogens is 2. The van der Waals surface area contributed by atoms with E-state index >= 15 is 0 Å². The number of aliphatic carboxylic acids is 1. The van der Waals surface area contributed by atoms with Crippen LogP contribution in [-0.4, -0.2) is 88.9 Å². The number of nitrogens with one attached hydrogen (secondary N) is 2. The zero-order valence-corrected chi connectivity index (χ0v) is 25.0. The number of amides is 1. The van der Waals surface area contributed by atoms with Gasteiger partial charge in [0.2, 0.25) is 5.91 Å². The Labute approximate surface area is 255 Å². The highest BCUT2D eigenvalue weighted by Crippen LogP contribution is 2.49. The van der Waals surface area contributed by atoms with Crippen molar-refractivity contribution in [2.75, 3.05) is 45.3 Å². The van der Waals surface area contributed by atoms with E-state index in [4.69, 9.17) is 9.72 Å². The zero-order valence-electron chi connectivity index (χ0n) is 25.0. The lowest BCUT2D eigenvalue weighted by Gasteiger charge is -2.27. The summed E-state index contributed by atoms with van der Waals surface area (Å²) in [6, 6.07) is 7.20. The Hall–Kier alpha value is -3.77. The number of carbonyl (C=O) groups excluding carboxylic acids is 1. The smallest absolute Gasteiger partial charge is 0.326 e. The highest BCUT2D eigenvalue weighted by molar-refractivity contribution is 5.97. The second-order valence-corrected chi connectivity index (χ2v) is 11.7. The average Bonchev–Trinajstić information content (AvgIpc) is 3.84. The second-order valence-electron chi connectivity index (χ2n) is 11.7. The molecule has 3 aromatic rings. The van der Waals surface area contributed by atoms with Crippen LogP contribution >= 0.6 is 0 Å². The van der Waals surface area contributed by atoms with Crippen LogP contribution in [0.5, 0.6) is 0 Å². The lowest BCUT2D eigenvalue weighted by Crippen LogP contribution is -2.48. The monoisotopic (exact) mass is 610 g/mol. The van der Waals surface area contributed by atoms with Crippen LogP contribution < -0.4 is 10.6 Å². The number of alkyl halides is 1. The summed E-state index contributed by atoms with van der Waals surface area (Å²) in [6.45, 7) is 1.54. The molecule has 0 radical (unpaired) electrons. The van der Waals surface area contributed by atoms with Crippen LogP contribution in [0.1, 0.15) is 55.5 Å². The molecule has 44 heavy (non-hydrogen) atoms. The fourth-order valence-electron chi connectivity index (χ4n) is 5.89. The lowest BCUT2D eigenvalue weighted by molar-refractivity contribution is -0.142. The number of hydrogen-bond donors (Lipinski definition) is 3. The number of carboxylic acids is 1. The number of aromatic nitrogens is 3. The molecule has 5 rings (SSSR count). The van der Waals surface area contributed by atoms with E-state index in [9.17, 15) is 23.5 Å². The maximum atomic E-state index is 13.8. The van der Waals surface area contributed by atoms with E-state index < -0.39 is 41.9 Å². The molecule has 1 fully saturated rings. The quantitative estimate of drug-likeness (QED) is 0.207. The van der Waals surface area contributed by atoms with Gasteiger partial charge >= 0.3 is 5.97 Å². The van der Waals surface area contributed by atoms with Gasteiger partial charge in [-0.2, -0.15) is 0 Å². The number of benzene rings is 1. The van der Waals surface area contributed by atoms with Crippen molar-refractivity contribution in [1.82, 2.24) is 25.2 Å². The van der Waals surface area contributed by atoms with Crippen molar-refractivity contribution in [3.8, 4) is 0 Å². The van der Waals surface area contributed by atoms with Crippen LogP contribution in [0.3, 0.4) is 0 Å². The van der Waals surface area contributed by atoms with E-state index in [0.29, 0.717) is 49.1 Å². The largest absolute Gasteiger partial charge is 0.480 e. The van der Waals surface area contributed by atoms with Crippen molar-refractivity contribution < 1.29 is 28.2 Å². The summed E-state index contributed by atoms with van der Waals surface area (Å²) >= 11 is 0. The number of rotatable bonds is 16. The summed E-state index contributed by atoms with van der Waals surface area (Å²) in [4.78, 5) is 41.0.